The van der Waals surface area contributed by atoms with Gasteiger partial charge in [-0.15, -0.1) is 5.10 Å². The molecule has 1 fully saturated rings. The minimum absolute atomic E-state index is 0.0735. The molecule has 0 radical (unpaired) electrons. The average molecular weight is 319 g/mol. The Kier molecular flexibility index (Phi) is 4.52. The fourth-order valence-electron chi connectivity index (χ4n) is 3.09. The van der Waals surface area contributed by atoms with Crippen LogP contribution in [0.5, 0.6) is 0 Å². The molecule has 6 nitrogen and oxygen atoms in total. The molecule has 118 valence electrons. The monoisotopic (exact) mass is 319 g/mol. The van der Waals surface area contributed by atoms with Crippen LogP contribution in [0.4, 0.5) is 0 Å². The topological polar surface area (TPSA) is 63.9 Å². The average Bonchev–Trinajstić information content (AvgIpc) is 3.16. The van der Waals surface area contributed by atoms with E-state index in [9.17, 15) is 4.79 Å². The molecule has 0 spiro atoms. The maximum Gasteiger partial charge on any atom is 0.268 e. The van der Waals surface area contributed by atoms with Crippen LogP contribution >= 0.6 is 11.5 Å². The number of aromatic nitrogens is 4. The lowest BCUT2D eigenvalue weighted by Crippen LogP contribution is -2.39. The number of rotatable bonds is 4. The van der Waals surface area contributed by atoms with Gasteiger partial charge in [0, 0.05) is 19.8 Å². The molecule has 1 aliphatic rings. The first-order valence-corrected chi connectivity index (χ1v) is 8.59. The number of amides is 1. The smallest absolute Gasteiger partial charge is 0.268 e. The molecule has 0 aliphatic carbocycles. The van der Waals surface area contributed by atoms with E-state index in [0.29, 0.717) is 4.88 Å². The number of aryl methyl sites for hydroxylation is 2. The van der Waals surface area contributed by atoms with Gasteiger partial charge in [-0.2, -0.15) is 5.10 Å². The fraction of sp³-hybridized carbons (Fsp3) is 0.600. The lowest BCUT2D eigenvalue weighted by molar-refractivity contribution is 0.0605. The van der Waals surface area contributed by atoms with Gasteiger partial charge in [-0.3, -0.25) is 9.48 Å². The Morgan fingerprint density at radius 2 is 2.32 bits per heavy atom. The minimum Gasteiger partial charge on any atom is -0.329 e. The highest BCUT2D eigenvalue weighted by atomic mass is 32.1. The summed E-state index contributed by atoms with van der Waals surface area (Å²) in [5.41, 5.74) is 1.94. The second kappa shape index (κ2) is 6.56. The molecule has 22 heavy (non-hydrogen) atoms. The third-order valence-electron chi connectivity index (χ3n) is 4.20. The Balaban J connectivity index is 1.89. The summed E-state index contributed by atoms with van der Waals surface area (Å²) in [4.78, 5) is 15.7. The number of likely N-dealkylation sites (tertiary alicyclic amines) is 1. The molecule has 1 aliphatic heterocycles. The summed E-state index contributed by atoms with van der Waals surface area (Å²) in [5, 5.41) is 8.38. The van der Waals surface area contributed by atoms with Gasteiger partial charge in [-0.05, 0) is 43.3 Å². The first kappa shape index (κ1) is 15.1. The number of hydrogen-bond donors (Lipinski definition) is 0. The van der Waals surface area contributed by atoms with Gasteiger partial charge in [-0.1, -0.05) is 17.8 Å². The van der Waals surface area contributed by atoms with Gasteiger partial charge in [0.1, 0.15) is 4.88 Å². The highest BCUT2D eigenvalue weighted by Gasteiger charge is 2.32. The van der Waals surface area contributed by atoms with E-state index in [1.54, 1.807) is 6.20 Å². The van der Waals surface area contributed by atoms with Crippen molar-refractivity contribution in [2.75, 3.05) is 6.54 Å². The van der Waals surface area contributed by atoms with Crippen molar-refractivity contribution < 1.29 is 4.79 Å². The van der Waals surface area contributed by atoms with Crippen LogP contribution in [0, 0.1) is 0 Å². The normalized spacial score (nSPS) is 18.6. The Bertz CT molecular complexity index is 650. The predicted molar refractivity (Wildman–Crippen MR) is 84.7 cm³/mol. The number of hydrogen-bond acceptors (Lipinski definition) is 5. The molecule has 0 N–H and O–H groups in total. The molecule has 1 saturated heterocycles. The first-order chi connectivity index (χ1) is 10.7. The van der Waals surface area contributed by atoms with Gasteiger partial charge in [0.25, 0.3) is 5.91 Å². The lowest BCUT2D eigenvalue weighted by atomic mass is 9.98. The minimum atomic E-state index is 0.0735. The summed E-state index contributed by atoms with van der Waals surface area (Å²) < 4.78 is 5.86. The molecule has 1 atom stereocenters. The second-order valence-corrected chi connectivity index (χ2v) is 6.44. The summed E-state index contributed by atoms with van der Waals surface area (Å²) in [5.74, 6) is 0.0735. The van der Waals surface area contributed by atoms with Gasteiger partial charge in [0.05, 0.1) is 17.4 Å². The summed E-state index contributed by atoms with van der Waals surface area (Å²) in [6.07, 6.45) is 6.75. The number of carbonyl (C=O) groups excluding carboxylic acids is 1. The van der Waals surface area contributed by atoms with Crippen molar-refractivity contribution in [3.05, 3.63) is 28.5 Å². The second-order valence-electron chi connectivity index (χ2n) is 5.69. The quantitative estimate of drug-likeness (QED) is 0.869. The summed E-state index contributed by atoms with van der Waals surface area (Å²) >= 11 is 1.22. The van der Waals surface area contributed by atoms with Crippen molar-refractivity contribution in [1.29, 1.82) is 0 Å². The lowest BCUT2D eigenvalue weighted by Gasteiger charge is -2.35. The maximum absolute atomic E-state index is 13.0. The highest BCUT2D eigenvalue weighted by Crippen LogP contribution is 2.32. The van der Waals surface area contributed by atoms with Crippen molar-refractivity contribution in [3.63, 3.8) is 0 Å². The molecular formula is C15H21N5OS. The number of nitrogens with zero attached hydrogens (tertiary/aromatic N) is 5. The zero-order valence-electron chi connectivity index (χ0n) is 13.0. The van der Waals surface area contributed by atoms with Gasteiger partial charge in [-0.25, -0.2) is 0 Å². The van der Waals surface area contributed by atoms with Crippen molar-refractivity contribution in [3.8, 4) is 0 Å². The van der Waals surface area contributed by atoms with E-state index >= 15 is 0 Å². The fourth-order valence-corrected chi connectivity index (χ4v) is 3.76. The Labute approximate surface area is 134 Å². The number of carbonyl (C=O) groups is 1. The Hall–Kier alpha value is -1.76. The molecule has 0 aromatic carbocycles. The third kappa shape index (κ3) is 2.77. The van der Waals surface area contributed by atoms with Crippen LogP contribution in [-0.4, -0.2) is 36.7 Å². The molecule has 3 heterocycles. The van der Waals surface area contributed by atoms with Crippen LogP contribution < -0.4 is 0 Å². The zero-order chi connectivity index (χ0) is 15.5. The van der Waals surface area contributed by atoms with Crippen LogP contribution in [0.3, 0.4) is 0 Å². The van der Waals surface area contributed by atoms with Gasteiger partial charge >= 0.3 is 0 Å². The first-order valence-electron chi connectivity index (χ1n) is 7.82. The molecule has 1 unspecified atom stereocenters. The van der Waals surface area contributed by atoms with E-state index in [1.807, 2.05) is 22.7 Å². The van der Waals surface area contributed by atoms with E-state index in [1.165, 1.54) is 11.5 Å². The predicted octanol–water partition coefficient (Wildman–Crippen LogP) is 2.59. The Morgan fingerprint density at radius 3 is 3.05 bits per heavy atom. The zero-order valence-corrected chi connectivity index (χ0v) is 13.8. The van der Waals surface area contributed by atoms with Gasteiger partial charge in [0.2, 0.25) is 0 Å². The molecule has 3 rings (SSSR count). The molecule has 2 aromatic rings. The van der Waals surface area contributed by atoms with E-state index in [2.05, 4.69) is 21.6 Å². The van der Waals surface area contributed by atoms with Crippen molar-refractivity contribution in [1.82, 2.24) is 24.3 Å². The molecule has 7 heteroatoms. The highest BCUT2D eigenvalue weighted by molar-refractivity contribution is 7.08. The molecular weight excluding hydrogens is 298 g/mol. The standard InChI is InChI=1S/C15H21N5OS/c1-3-6-11-14(22-18-17-11)15(21)20-10-5-4-7-13(20)12-8-9-16-19(12)2/h8-9,13H,3-7,10H2,1-2H3. The van der Waals surface area contributed by atoms with Crippen LogP contribution in [0.2, 0.25) is 0 Å². The van der Waals surface area contributed by atoms with Gasteiger partial charge < -0.3 is 4.90 Å². The third-order valence-corrected chi connectivity index (χ3v) is 4.96. The van der Waals surface area contributed by atoms with E-state index in [0.717, 1.165) is 50.0 Å². The Morgan fingerprint density at radius 1 is 1.45 bits per heavy atom. The maximum atomic E-state index is 13.0. The van der Waals surface area contributed by atoms with E-state index in [-0.39, 0.29) is 11.9 Å². The van der Waals surface area contributed by atoms with Gasteiger partial charge in [0.15, 0.2) is 0 Å². The largest absolute Gasteiger partial charge is 0.329 e. The summed E-state index contributed by atoms with van der Waals surface area (Å²) in [6.45, 7) is 2.88. The summed E-state index contributed by atoms with van der Waals surface area (Å²) in [7, 11) is 1.93. The van der Waals surface area contributed by atoms with Crippen molar-refractivity contribution >= 4 is 17.4 Å². The molecule has 1 amide bonds. The molecule has 0 saturated carbocycles. The molecule has 2 aromatic heterocycles. The van der Waals surface area contributed by atoms with Crippen LogP contribution in [-0.2, 0) is 13.5 Å². The van der Waals surface area contributed by atoms with Crippen molar-refractivity contribution in [2.45, 2.75) is 45.1 Å². The van der Waals surface area contributed by atoms with Crippen molar-refractivity contribution in [2.24, 2.45) is 7.05 Å². The van der Waals surface area contributed by atoms with Crippen LogP contribution in [0.15, 0.2) is 12.3 Å². The van der Waals surface area contributed by atoms with E-state index < -0.39 is 0 Å². The SMILES string of the molecule is CCCc1nnsc1C(=O)N1CCCCC1c1ccnn1C. The van der Waals surface area contributed by atoms with Crippen LogP contribution in [0.25, 0.3) is 0 Å². The van der Waals surface area contributed by atoms with Crippen LogP contribution in [0.1, 0.15) is 59.7 Å². The molecule has 0 bridgehead atoms. The number of piperidine rings is 1. The van der Waals surface area contributed by atoms with E-state index in [4.69, 9.17) is 0 Å². The summed E-state index contributed by atoms with van der Waals surface area (Å²) in [6, 6.07) is 2.11.